The Hall–Kier alpha value is -2.69. The van der Waals surface area contributed by atoms with Gasteiger partial charge in [-0.2, -0.15) is 10.2 Å². The van der Waals surface area contributed by atoms with Crippen molar-refractivity contribution in [3.8, 4) is 11.5 Å². The monoisotopic (exact) mass is 252 g/mol. The Morgan fingerprint density at radius 2 is 2.11 bits per heavy atom. The molecule has 1 aromatic carbocycles. The first kappa shape index (κ1) is 11.4. The summed E-state index contributed by atoms with van der Waals surface area (Å²) < 4.78 is 5.32. The molecule has 0 saturated carbocycles. The van der Waals surface area contributed by atoms with Crippen LogP contribution < -0.4 is 0 Å². The first-order valence-corrected chi connectivity index (χ1v) is 5.88. The summed E-state index contributed by atoms with van der Waals surface area (Å²) in [7, 11) is 0. The Morgan fingerprint density at radius 1 is 1.16 bits per heavy atom. The Bertz CT molecular complexity index is 698. The number of nitrogens with zero attached hydrogens (tertiary/aromatic N) is 3. The van der Waals surface area contributed by atoms with Crippen LogP contribution in [0.5, 0.6) is 0 Å². The van der Waals surface area contributed by atoms with Crippen LogP contribution in [0.4, 0.5) is 11.4 Å². The van der Waals surface area contributed by atoms with Gasteiger partial charge in [0.2, 0.25) is 0 Å². The molecule has 0 saturated heterocycles. The fourth-order valence-electron chi connectivity index (χ4n) is 1.76. The largest absolute Gasteiger partial charge is 0.463 e. The third-order valence-electron chi connectivity index (χ3n) is 2.66. The molecular formula is C14H12N4O. The summed E-state index contributed by atoms with van der Waals surface area (Å²) in [4.78, 5) is 0. The smallest absolute Gasteiger partial charge is 0.153 e. The predicted molar refractivity (Wildman–Crippen MR) is 71.6 cm³/mol. The minimum Gasteiger partial charge on any atom is -0.463 e. The second kappa shape index (κ2) is 4.89. The Kier molecular flexibility index (Phi) is 2.94. The van der Waals surface area contributed by atoms with Gasteiger partial charge in [0.25, 0.3) is 0 Å². The number of aryl methyl sites for hydroxylation is 1. The van der Waals surface area contributed by atoms with E-state index in [1.807, 2.05) is 43.3 Å². The van der Waals surface area contributed by atoms with Crippen LogP contribution in [0.3, 0.4) is 0 Å². The van der Waals surface area contributed by atoms with Gasteiger partial charge in [0.15, 0.2) is 5.76 Å². The van der Waals surface area contributed by atoms with Crippen molar-refractivity contribution in [3.63, 3.8) is 0 Å². The van der Waals surface area contributed by atoms with E-state index in [0.29, 0.717) is 11.4 Å². The summed E-state index contributed by atoms with van der Waals surface area (Å²) in [5, 5.41) is 15.2. The number of nitrogens with one attached hydrogen (secondary N) is 1. The summed E-state index contributed by atoms with van der Waals surface area (Å²) in [5.41, 5.74) is 3.33. The highest BCUT2D eigenvalue weighted by molar-refractivity contribution is 5.66. The highest BCUT2D eigenvalue weighted by atomic mass is 16.3. The first-order chi connectivity index (χ1) is 9.33. The van der Waals surface area contributed by atoms with E-state index in [9.17, 15) is 0 Å². The minimum atomic E-state index is 0.649. The van der Waals surface area contributed by atoms with Crippen LogP contribution >= 0.6 is 0 Å². The van der Waals surface area contributed by atoms with Gasteiger partial charge in [-0.05, 0) is 36.8 Å². The summed E-state index contributed by atoms with van der Waals surface area (Å²) >= 11 is 0. The van der Waals surface area contributed by atoms with Crippen molar-refractivity contribution in [1.82, 2.24) is 10.2 Å². The second-order valence-electron chi connectivity index (χ2n) is 4.15. The summed E-state index contributed by atoms with van der Waals surface area (Å²) in [5.74, 6) is 0.690. The van der Waals surface area contributed by atoms with Crippen molar-refractivity contribution in [2.45, 2.75) is 6.92 Å². The molecule has 5 heteroatoms. The maximum atomic E-state index is 5.32. The molecule has 19 heavy (non-hydrogen) atoms. The Balaban J connectivity index is 1.90. The highest BCUT2D eigenvalue weighted by Gasteiger charge is 2.09. The molecule has 5 nitrogen and oxygen atoms in total. The molecule has 2 heterocycles. The second-order valence-corrected chi connectivity index (χ2v) is 4.15. The van der Waals surface area contributed by atoms with E-state index in [-0.39, 0.29) is 0 Å². The van der Waals surface area contributed by atoms with Gasteiger partial charge in [0.1, 0.15) is 11.4 Å². The van der Waals surface area contributed by atoms with E-state index in [1.54, 1.807) is 12.5 Å². The molecule has 94 valence electrons. The van der Waals surface area contributed by atoms with E-state index in [0.717, 1.165) is 16.9 Å². The Morgan fingerprint density at radius 3 is 2.89 bits per heavy atom. The standard InChI is InChI=1S/C14H12N4O/c1-10-4-2-5-11(8-10)16-17-12-9-15-18-14(12)13-6-3-7-19-13/h2-9H,1H3,(H,15,18). The van der Waals surface area contributed by atoms with E-state index in [1.165, 1.54) is 0 Å². The zero-order valence-electron chi connectivity index (χ0n) is 10.4. The van der Waals surface area contributed by atoms with Crippen LogP contribution in [0.25, 0.3) is 11.5 Å². The summed E-state index contributed by atoms with van der Waals surface area (Å²) in [6.07, 6.45) is 3.23. The lowest BCUT2D eigenvalue weighted by atomic mass is 10.2. The number of furan rings is 1. The molecular weight excluding hydrogens is 240 g/mol. The number of hydrogen-bond acceptors (Lipinski definition) is 4. The molecule has 2 aromatic heterocycles. The molecule has 3 aromatic rings. The number of azo groups is 1. The molecule has 0 unspecified atom stereocenters. The van der Waals surface area contributed by atoms with E-state index in [4.69, 9.17) is 4.42 Å². The fraction of sp³-hybridized carbons (Fsp3) is 0.0714. The summed E-state index contributed by atoms with van der Waals surface area (Å²) in [6, 6.07) is 11.5. The number of rotatable bonds is 3. The van der Waals surface area contributed by atoms with Crippen molar-refractivity contribution < 1.29 is 4.42 Å². The van der Waals surface area contributed by atoms with Gasteiger partial charge in [-0.1, -0.05) is 12.1 Å². The van der Waals surface area contributed by atoms with Crippen molar-refractivity contribution >= 4 is 11.4 Å². The molecule has 0 aliphatic rings. The molecule has 0 bridgehead atoms. The highest BCUT2D eigenvalue weighted by Crippen LogP contribution is 2.29. The van der Waals surface area contributed by atoms with Gasteiger partial charge < -0.3 is 4.42 Å². The normalized spacial score (nSPS) is 11.2. The quantitative estimate of drug-likeness (QED) is 0.702. The average molecular weight is 252 g/mol. The molecule has 0 atom stereocenters. The molecule has 1 N–H and O–H groups in total. The molecule has 3 rings (SSSR count). The maximum absolute atomic E-state index is 5.32. The van der Waals surface area contributed by atoms with Gasteiger partial charge >= 0.3 is 0 Å². The lowest BCUT2D eigenvalue weighted by Gasteiger charge is -1.95. The number of aromatic amines is 1. The number of hydrogen-bond donors (Lipinski definition) is 1. The zero-order chi connectivity index (χ0) is 13.1. The number of benzene rings is 1. The fourth-order valence-corrected chi connectivity index (χ4v) is 1.76. The lowest BCUT2D eigenvalue weighted by molar-refractivity contribution is 0.580. The zero-order valence-corrected chi connectivity index (χ0v) is 10.4. The van der Waals surface area contributed by atoms with Gasteiger partial charge in [-0.15, -0.1) is 5.11 Å². The molecule has 0 aliphatic carbocycles. The van der Waals surface area contributed by atoms with Gasteiger partial charge in [-0.25, -0.2) is 0 Å². The third-order valence-corrected chi connectivity index (χ3v) is 2.66. The molecule has 0 aliphatic heterocycles. The topological polar surface area (TPSA) is 66.5 Å². The number of aromatic nitrogens is 2. The minimum absolute atomic E-state index is 0.649. The first-order valence-electron chi connectivity index (χ1n) is 5.88. The molecule has 0 radical (unpaired) electrons. The van der Waals surface area contributed by atoms with Crippen LogP contribution in [-0.2, 0) is 0 Å². The van der Waals surface area contributed by atoms with Gasteiger partial charge in [0.05, 0.1) is 18.1 Å². The number of H-pyrrole nitrogens is 1. The lowest BCUT2D eigenvalue weighted by Crippen LogP contribution is -1.73. The molecule has 0 spiro atoms. The molecule has 0 fully saturated rings. The SMILES string of the molecule is Cc1cccc(N=Nc2cn[nH]c2-c2ccco2)c1. The van der Waals surface area contributed by atoms with Gasteiger partial charge in [-0.3, -0.25) is 5.10 Å². The maximum Gasteiger partial charge on any atom is 0.153 e. The van der Waals surface area contributed by atoms with Crippen molar-refractivity contribution in [2.75, 3.05) is 0 Å². The summed E-state index contributed by atoms with van der Waals surface area (Å²) in [6.45, 7) is 2.02. The molecule has 0 amide bonds. The van der Waals surface area contributed by atoms with Crippen molar-refractivity contribution in [1.29, 1.82) is 0 Å². The van der Waals surface area contributed by atoms with E-state index < -0.39 is 0 Å². The van der Waals surface area contributed by atoms with Gasteiger partial charge in [0, 0.05) is 0 Å². The van der Waals surface area contributed by atoms with Crippen LogP contribution in [0.2, 0.25) is 0 Å². The van der Waals surface area contributed by atoms with E-state index in [2.05, 4.69) is 20.4 Å². The van der Waals surface area contributed by atoms with Crippen molar-refractivity contribution in [2.24, 2.45) is 10.2 Å². The van der Waals surface area contributed by atoms with Crippen LogP contribution in [0, 0.1) is 6.92 Å². The average Bonchev–Trinajstić information content (AvgIpc) is 3.07. The Labute approximate surface area is 110 Å². The van der Waals surface area contributed by atoms with Crippen LogP contribution in [0.1, 0.15) is 5.56 Å². The van der Waals surface area contributed by atoms with E-state index >= 15 is 0 Å². The third kappa shape index (κ3) is 2.44. The van der Waals surface area contributed by atoms with Crippen LogP contribution in [0.15, 0.2) is 63.5 Å². The predicted octanol–water partition coefficient (Wildman–Crippen LogP) is 4.39. The van der Waals surface area contributed by atoms with Crippen molar-refractivity contribution in [3.05, 3.63) is 54.4 Å². The van der Waals surface area contributed by atoms with Crippen LogP contribution in [-0.4, -0.2) is 10.2 Å².